The summed E-state index contributed by atoms with van der Waals surface area (Å²) in [5.74, 6) is 0.470. The van der Waals surface area contributed by atoms with E-state index in [-0.39, 0.29) is 11.0 Å². The molecule has 1 N–H and O–H groups in total. The Balaban J connectivity index is 2.23. The van der Waals surface area contributed by atoms with Gasteiger partial charge in [-0.25, -0.2) is 8.42 Å². The van der Waals surface area contributed by atoms with Gasteiger partial charge in [0.1, 0.15) is 16.7 Å². The molecule has 0 radical (unpaired) electrons. The summed E-state index contributed by atoms with van der Waals surface area (Å²) in [5, 5.41) is 3.26. The van der Waals surface area contributed by atoms with Crippen molar-refractivity contribution in [3.05, 3.63) is 24.3 Å². The van der Waals surface area contributed by atoms with Crippen LogP contribution in [0.2, 0.25) is 0 Å². The summed E-state index contributed by atoms with van der Waals surface area (Å²) >= 11 is 0. The quantitative estimate of drug-likeness (QED) is 0.918. The Bertz CT molecular complexity index is 527. The predicted octanol–water partition coefficient (Wildman–Crippen LogP) is 2.00. The average molecular weight is 283 g/mol. The first-order valence-corrected chi connectivity index (χ1v) is 8.54. The molecule has 0 aromatic heterocycles. The van der Waals surface area contributed by atoms with Gasteiger partial charge in [0, 0.05) is 12.3 Å². The highest BCUT2D eigenvalue weighted by atomic mass is 32.2. The fourth-order valence-electron chi connectivity index (χ4n) is 2.59. The fraction of sp³-hybridized carbons (Fsp3) is 0.571. The summed E-state index contributed by atoms with van der Waals surface area (Å²) in [6.45, 7) is 0. The lowest BCUT2D eigenvalue weighted by atomic mass is 9.92. The monoisotopic (exact) mass is 283 g/mol. The van der Waals surface area contributed by atoms with E-state index < -0.39 is 9.84 Å². The Morgan fingerprint density at radius 2 is 1.89 bits per heavy atom. The SMILES string of the molecule is CNC1CCCCC1Oc1ccccc1S(C)(=O)=O. The number of sulfone groups is 1. The lowest BCUT2D eigenvalue weighted by Gasteiger charge is -2.32. The normalized spacial score (nSPS) is 24.1. The highest BCUT2D eigenvalue weighted by Crippen LogP contribution is 2.28. The molecule has 19 heavy (non-hydrogen) atoms. The lowest BCUT2D eigenvalue weighted by molar-refractivity contribution is 0.115. The van der Waals surface area contributed by atoms with Crippen molar-refractivity contribution < 1.29 is 13.2 Å². The molecule has 2 unspecified atom stereocenters. The number of rotatable bonds is 4. The van der Waals surface area contributed by atoms with Crippen molar-refractivity contribution in [1.29, 1.82) is 0 Å². The van der Waals surface area contributed by atoms with Crippen LogP contribution in [0.25, 0.3) is 0 Å². The van der Waals surface area contributed by atoms with Crippen molar-refractivity contribution in [1.82, 2.24) is 5.32 Å². The van der Waals surface area contributed by atoms with E-state index in [0.29, 0.717) is 11.8 Å². The fourth-order valence-corrected chi connectivity index (χ4v) is 3.39. The molecule has 1 fully saturated rings. The van der Waals surface area contributed by atoms with Gasteiger partial charge >= 0.3 is 0 Å². The Hall–Kier alpha value is -1.07. The molecule has 0 saturated heterocycles. The molecule has 1 aromatic rings. The van der Waals surface area contributed by atoms with Crippen LogP contribution < -0.4 is 10.1 Å². The minimum atomic E-state index is -3.25. The Labute approximate surface area is 115 Å². The molecule has 1 aliphatic rings. The smallest absolute Gasteiger partial charge is 0.179 e. The van der Waals surface area contributed by atoms with Gasteiger partial charge in [-0.1, -0.05) is 18.6 Å². The first-order valence-electron chi connectivity index (χ1n) is 6.65. The van der Waals surface area contributed by atoms with Gasteiger partial charge in [0.2, 0.25) is 0 Å². The first-order chi connectivity index (χ1) is 9.02. The zero-order valence-electron chi connectivity index (χ0n) is 11.4. The Kier molecular flexibility index (Phi) is 4.47. The predicted molar refractivity (Wildman–Crippen MR) is 75.3 cm³/mol. The third-order valence-electron chi connectivity index (χ3n) is 3.60. The van der Waals surface area contributed by atoms with Crippen LogP contribution in [0.4, 0.5) is 0 Å². The van der Waals surface area contributed by atoms with Gasteiger partial charge in [0.25, 0.3) is 0 Å². The molecule has 0 bridgehead atoms. The van der Waals surface area contributed by atoms with Crippen molar-refractivity contribution in [2.45, 2.75) is 42.7 Å². The second kappa shape index (κ2) is 5.92. The van der Waals surface area contributed by atoms with Crippen LogP contribution in [0.1, 0.15) is 25.7 Å². The van der Waals surface area contributed by atoms with E-state index in [2.05, 4.69) is 5.32 Å². The highest BCUT2D eigenvalue weighted by Gasteiger charge is 2.27. The van der Waals surface area contributed by atoms with Crippen LogP contribution in [0.15, 0.2) is 29.2 Å². The van der Waals surface area contributed by atoms with E-state index in [1.807, 2.05) is 7.05 Å². The van der Waals surface area contributed by atoms with Crippen molar-refractivity contribution in [3.63, 3.8) is 0 Å². The first kappa shape index (κ1) is 14.3. The summed E-state index contributed by atoms with van der Waals surface area (Å²) in [7, 11) is -1.33. The molecule has 0 amide bonds. The second-order valence-electron chi connectivity index (χ2n) is 5.05. The Morgan fingerprint density at radius 3 is 2.58 bits per heavy atom. The van der Waals surface area contributed by atoms with E-state index >= 15 is 0 Å². The molecular weight excluding hydrogens is 262 g/mol. The van der Waals surface area contributed by atoms with Crippen LogP contribution in [-0.4, -0.2) is 33.9 Å². The summed E-state index contributed by atoms with van der Waals surface area (Å²) in [6.07, 6.45) is 5.61. The van der Waals surface area contributed by atoms with Gasteiger partial charge < -0.3 is 10.1 Å². The second-order valence-corrected chi connectivity index (χ2v) is 7.04. The zero-order valence-corrected chi connectivity index (χ0v) is 12.2. The lowest BCUT2D eigenvalue weighted by Crippen LogP contribution is -2.43. The third-order valence-corrected chi connectivity index (χ3v) is 4.74. The summed E-state index contributed by atoms with van der Waals surface area (Å²) in [6, 6.07) is 7.15. The van der Waals surface area contributed by atoms with Gasteiger partial charge in [0.15, 0.2) is 9.84 Å². The minimum Gasteiger partial charge on any atom is -0.487 e. The molecule has 5 heteroatoms. The number of nitrogens with one attached hydrogen (secondary N) is 1. The largest absolute Gasteiger partial charge is 0.487 e. The summed E-state index contributed by atoms with van der Waals surface area (Å²) in [5.41, 5.74) is 0. The van der Waals surface area contributed by atoms with Crippen molar-refractivity contribution in [2.75, 3.05) is 13.3 Å². The standard InChI is InChI=1S/C14H21NO3S/c1-15-11-7-3-4-8-12(11)18-13-9-5-6-10-14(13)19(2,16)17/h5-6,9-12,15H,3-4,7-8H2,1-2H3. The van der Waals surface area contributed by atoms with E-state index in [1.54, 1.807) is 24.3 Å². The maximum atomic E-state index is 11.8. The van der Waals surface area contributed by atoms with Crippen LogP contribution in [0, 0.1) is 0 Å². The molecule has 2 atom stereocenters. The minimum absolute atomic E-state index is 0.0432. The molecular formula is C14H21NO3S. The maximum absolute atomic E-state index is 11.8. The molecule has 0 heterocycles. The van der Waals surface area contributed by atoms with Gasteiger partial charge in [-0.2, -0.15) is 0 Å². The van der Waals surface area contributed by atoms with E-state index in [0.717, 1.165) is 19.3 Å². The molecule has 4 nitrogen and oxygen atoms in total. The van der Waals surface area contributed by atoms with Crippen molar-refractivity contribution >= 4 is 9.84 Å². The maximum Gasteiger partial charge on any atom is 0.179 e. The molecule has 2 rings (SSSR count). The average Bonchev–Trinajstić information content (AvgIpc) is 2.39. The van der Waals surface area contributed by atoms with Crippen molar-refractivity contribution in [3.8, 4) is 5.75 Å². The number of ether oxygens (including phenoxy) is 1. The molecule has 1 aliphatic carbocycles. The van der Waals surface area contributed by atoms with E-state index in [1.165, 1.54) is 12.7 Å². The van der Waals surface area contributed by atoms with Crippen LogP contribution in [-0.2, 0) is 9.84 Å². The van der Waals surface area contributed by atoms with Gasteiger partial charge in [-0.05, 0) is 38.4 Å². The van der Waals surface area contributed by atoms with E-state index in [9.17, 15) is 8.42 Å². The molecule has 0 aliphatic heterocycles. The van der Waals surface area contributed by atoms with E-state index in [4.69, 9.17) is 4.74 Å². The number of hydrogen-bond acceptors (Lipinski definition) is 4. The molecule has 1 aromatic carbocycles. The number of likely N-dealkylation sites (N-methyl/N-ethyl adjacent to an activating group) is 1. The summed E-state index contributed by atoms with van der Waals surface area (Å²) in [4.78, 5) is 0.274. The van der Waals surface area contributed by atoms with Crippen LogP contribution in [0.5, 0.6) is 5.75 Å². The van der Waals surface area contributed by atoms with Gasteiger partial charge in [-0.15, -0.1) is 0 Å². The topological polar surface area (TPSA) is 55.4 Å². The Morgan fingerprint density at radius 1 is 1.21 bits per heavy atom. The molecule has 106 valence electrons. The number of benzene rings is 1. The third kappa shape index (κ3) is 3.48. The molecule has 0 spiro atoms. The van der Waals surface area contributed by atoms with Crippen LogP contribution in [0.3, 0.4) is 0 Å². The number of hydrogen-bond donors (Lipinski definition) is 1. The van der Waals surface area contributed by atoms with Gasteiger partial charge in [-0.3, -0.25) is 0 Å². The van der Waals surface area contributed by atoms with Crippen molar-refractivity contribution in [2.24, 2.45) is 0 Å². The zero-order chi connectivity index (χ0) is 13.9. The van der Waals surface area contributed by atoms with Crippen LogP contribution >= 0.6 is 0 Å². The summed E-state index contributed by atoms with van der Waals surface area (Å²) < 4.78 is 29.5. The highest BCUT2D eigenvalue weighted by molar-refractivity contribution is 7.90. The molecule has 1 saturated carbocycles. The number of para-hydroxylation sites is 1. The van der Waals surface area contributed by atoms with Gasteiger partial charge in [0.05, 0.1) is 0 Å².